The van der Waals surface area contributed by atoms with Crippen LogP contribution in [0.2, 0.25) is 30.1 Å². The van der Waals surface area contributed by atoms with Gasteiger partial charge in [0.15, 0.2) is 0 Å². The molecule has 0 fully saturated rings. The first-order valence-corrected chi connectivity index (χ1v) is 10.4. The van der Waals surface area contributed by atoms with Crippen molar-refractivity contribution in [2.24, 2.45) is 0 Å². The molecule has 0 saturated heterocycles. The van der Waals surface area contributed by atoms with Gasteiger partial charge in [-0.05, 0) is 24.3 Å². The van der Waals surface area contributed by atoms with Crippen molar-refractivity contribution in [3.05, 3.63) is 83.2 Å². The average Bonchev–Trinajstić information content (AvgIpc) is 2.71. The highest BCUT2D eigenvalue weighted by molar-refractivity contribution is 7.59. The van der Waals surface area contributed by atoms with Crippen LogP contribution in [0.25, 0.3) is 0 Å². The molecule has 32 heavy (non-hydrogen) atoms. The highest BCUT2D eigenvalue weighted by atomic mass is 35.5. The van der Waals surface area contributed by atoms with E-state index in [4.69, 9.17) is 79.8 Å². The smallest absolute Gasteiger partial charge is 0.339 e. The zero-order valence-electron chi connectivity index (χ0n) is 15.6. The minimum absolute atomic E-state index is 0. The number of rotatable bonds is 3. The number of carbonyl (C=O) groups is 1. The molecule has 0 amide bonds. The van der Waals surface area contributed by atoms with Crippen LogP contribution in [-0.4, -0.2) is 26.4 Å². The zero-order chi connectivity index (χ0) is 23.5. The number of phenolic OH excluding ortho intramolecular Hbond substituents is 2. The highest BCUT2D eigenvalue weighted by Crippen LogP contribution is 2.44. The van der Waals surface area contributed by atoms with E-state index in [1.54, 1.807) is 12.1 Å². The largest absolute Gasteiger partial charge is 0.507 e. The normalized spacial score (nSPS) is 10.1. The summed E-state index contributed by atoms with van der Waals surface area (Å²) in [6.07, 6.45) is -0.0457. The standard InChI is InChI=1S/C13H6Cl6O2.C7H6O3.H2S/c14-6-2-8(16)12(20)4(10(6)18)1-5-11(19)7(15)3-9(17)13(5)21;8-6-4-2-1-3-5(6)7(9)10;/h2-3,20-21H,1H2;1-4,8H,(H,9,10);1H2. The Bertz CT molecular complexity index is 1040. The Kier molecular flexibility index (Phi) is 10.9. The minimum Gasteiger partial charge on any atom is -0.507 e. The fourth-order valence-electron chi connectivity index (χ4n) is 2.42. The second-order valence-corrected chi connectivity index (χ2v) is 8.35. The van der Waals surface area contributed by atoms with Crippen LogP contribution in [0, 0.1) is 0 Å². The van der Waals surface area contributed by atoms with Crippen LogP contribution in [0.15, 0.2) is 36.4 Å². The van der Waals surface area contributed by atoms with Gasteiger partial charge in [-0.1, -0.05) is 81.7 Å². The third-order valence-electron chi connectivity index (χ3n) is 3.97. The van der Waals surface area contributed by atoms with Gasteiger partial charge < -0.3 is 20.4 Å². The number of carboxylic acid groups (broad SMARTS) is 1. The Morgan fingerprint density at radius 3 is 1.47 bits per heavy atom. The van der Waals surface area contributed by atoms with E-state index in [9.17, 15) is 15.0 Å². The molecule has 0 radical (unpaired) electrons. The van der Waals surface area contributed by atoms with Gasteiger partial charge in [-0.3, -0.25) is 0 Å². The molecule has 0 heterocycles. The lowest BCUT2D eigenvalue weighted by Gasteiger charge is -2.14. The van der Waals surface area contributed by atoms with Gasteiger partial charge in [0.05, 0.1) is 30.1 Å². The maximum Gasteiger partial charge on any atom is 0.339 e. The van der Waals surface area contributed by atoms with Crippen LogP contribution in [-0.2, 0) is 6.42 Å². The summed E-state index contributed by atoms with van der Waals surface area (Å²) in [5, 5.41) is 37.9. The second-order valence-electron chi connectivity index (χ2n) is 5.96. The lowest BCUT2D eigenvalue weighted by atomic mass is 10.0. The number of benzene rings is 3. The van der Waals surface area contributed by atoms with Gasteiger partial charge in [-0.15, -0.1) is 0 Å². The van der Waals surface area contributed by atoms with E-state index in [1.807, 2.05) is 0 Å². The van der Waals surface area contributed by atoms with Gasteiger partial charge in [0, 0.05) is 17.5 Å². The van der Waals surface area contributed by atoms with Gasteiger partial charge in [-0.2, -0.15) is 13.5 Å². The molecule has 3 aromatic carbocycles. The molecular weight excluding hydrogens is 565 g/mol. The summed E-state index contributed by atoms with van der Waals surface area (Å²) in [5.74, 6) is -1.82. The molecule has 3 rings (SSSR count). The molecule has 0 aliphatic carbocycles. The summed E-state index contributed by atoms with van der Waals surface area (Å²) in [6.45, 7) is 0. The quantitative estimate of drug-likeness (QED) is 0.238. The molecule has 4 N–H and O–H groups in total. The Morgan fingerprint density at radius 1 is 0.719 bits per heavy atom. The van der Waals surface area contributed by atoms with E-state index in [1.165, 1.54) is 24.3 Å². The van der Waals surface area contributed by atoms with Crippen molar-refractivity contribution in [1.29, 1.82) is 0 Å². The van der Waals surface area contributed by atoms with Crippen molar-refractivity contribution in [3.8, 4) is 17.2 Å². The lowest BCUT2D eigenvalue weighted by Crippen LogP contribution is -1.95. The first-order chi connectivity index (χ1) is 14.5. The van der Waals surface area contributed by atoms with Gasteiger partial charge >= 0.3 is 5.97 Å². The van der Waals surface area contributed by atoms with Crippen molar-refractivity contribution in [2.45, 2.75) is 6.42 Å². The van der Waals surface area contributed by atoms with Crippen molar-refractivity contribution < 1.29 is 25.2 Å². The molecule has 0 atom stereocenters. The zero-order valence-corrected chi connectivity index (χ0v) is 21.2. The van der Waals surface area contributed by atoms with Gasteiger partial charge in [0.25, 0.3) is 0 Å². The Morgan fingerprint density at radius 2 is 1.12 bits per heavy atom. The topological polar surface area (TPSA) is 98.0 Å². The summed E-state index contributed by atoms with van der Waals surface area (Å²) in [6, 6.07) is 8.44. The monoisotopic (exact) mass is 576 g/mol. The molecule has 12 heteroatoms. The number of halogens is 6. The van der Waals surface area contributed by atoms with E-state index in [0.29, 0.717) is 0 Å². The number of aromatic carboxylic acids is 1. The number of hydrogen-bond acceptors (Lipinski definition) is 4. The number of aromatic hydroxyl groups is 3. The fourth-order valence-corrected chi connectivity index (χ4v) is 3.85. The third kappa shape index (κ3) is 6.58. The highest BCUT2D eigenvalue weighted by Gasteiger charge is 2.21. The fraction of sp³-hybridized carbons (Fsp3) is 0.0500. The van der Waals surface area contributed by atoms with Crippen LogP contribution < -0.4 is 0 Å². The predicted octanol–water partition coefficient (Wildman–Crippen LogP) is 7.81. The maximum atomic E-state index is 10.3. The maximum absolute atomic E-state index is 10.3. The lowest BCUT2D eigenvalue weighted by molar-refractivity contribution is 0.0693. The number of phenols is 3. The molecule has 0 aromatic heterocycles. The van der Waals surface area contributed by atoms with Crippen LogP contribution >= 0.6 is 83.1 Å². The van der Waals surface area contributed by atoms with Crippen molar-refractivity contribution in [1.82, 2.24) is 0 Å². The molecule has 172 valence electrons. The Hall–Kier alpha value is -1.38. The summed E-state index contributed by atoms with van der Waals surface area (Å²) in [4.78, 5) is 10.3. The van der Waals surface area contributed by atoms with Crippen LogP contribution in [0.4, 0.5) is 0 Å². The van der Waals surface area contributed by atoms with Gasteiger partial charge in [0.1, 0.15) is 22.8 Å². The van der Waals surface area contributed by atoms with E-state index in [2.05, 4.69) is 0 Å². The van der Waals surface area contributed by atoms with E-state index in [0.717, 1.165) is 0 Å². The molecule has 0 aliphatic rings. The van der Waals surface area contributed by atoms with Crippen molar-refractivity contribution in [2.75, 3.05) is 0 Å². The summed E-state index contributed by atoms with van der Waals surface area (Å²) in [5.41, 5.74) is 0.358. The molecular formula is C20H14Cl6O5S. The van der Waals surface area contributed by atoms with Gasteiger partial charge in [-0.25, -0.2) is 4.79 Å². The number of para-hydroxylation sites is 1. The van der Waals surface area contributed by atoms with Crippen LogP contribution in [0.1, 0.15) is 21.5 Å². The minimum atomic E-state index is -1.11. The summed E-state index contributed by atoms with van der Waals surface area (Å²) < 4.78 is 0. The summed E-state index contributed by atoms with van der Waals surface area (Å²) in [7, 11) is 0. The SMILES string of the molecule is O=C(O)c1ccccc1O.Oc1c(Cl)cc(Cl)c(Cl)c1Cc1c(O)c(Cl)cc(Cl)c1Cl.S. The number of hydrogen-bond donors (Lipinski definition) is 4. The van der Waals surface area contributed by atoms with Crippen molar-refractivity contribution >= 4 is 89.1 Å². The first kappa shape index (κ1) is 28.7. The molecule has 5 nitrogen and oxygen atoms in total. The van der Waals surface area contributed by atoms with Crippen LogP contribution in [0.3, 0.4) is 0 Å². The van der Waals surface area contributed by atoms with E-state index >= 15 is 0 Å². The molecule has 0 unspecified atom stereocenters. The first-order valence-electron chi connectivity index (χ1n) is 8.17. The van der Waals surface area contributed by atoms with Gasteiger partial charge in [0.2, 0.25) is 0 Å². The molecule has 0 bridgehead atoms. The Balaban J connectivity index is 0.000000393. The van der Waals surface area contributed by atoms with Crippen molar-refractivity contribution in [3.63, 3.8) is 0 Å². The van der Waals surface area contributed by atoms with E-state index < -0.39 is 5.97 Å². The Labute approximate surface area is 220 Å². The second kappa shape index (κ2) is 12.2. The molecule has 0 spiro atoms. The predicted molar refractivity (Wildman–Crippen MR) is 135 cm³/mol. The number of carboxylic acids is 1. The molecule has 0 saturated carbocycles. The summed E-state index contributed by atoms with van der Waals surface area (Å²) >= 11 is 35.7. The van der Waals surface area contributed by atoms with E-state index in [-0.39, 0.29) is 84.0 Å². The third-order valence-corrected chi connectivity index (χ3v) is 6.20. The molecule has 0 aliphatic heterocycles. The van der Waals surface area contributed by atoms with Crippen LogP contribution in [0.5, 0.6) is 17.2 Å². The average molecular weight is 579 g/mol. The molecule has 3 aromatic rings.